The van der Waals surface area contributed by atoms with E-state index in [-0.39, 0.29) is 30.1 Å². The smallest absolute Gasteiger partial charge is 0.254 e. The number of likely N-dealkylation sites (tertiary alicyclic amines) is 1. The normalized spacial score (nSPS) is 23.5. The summed E-state index contributed by atoms with van der Waals surface area (Å²) >= 11 is 6.25. The molecule has 0 aliphatic carbocycles. The predicted octanol–water partition coefficient (Wildman–Crippen LogP) is 4.72. The lowest BCUT2D eigenvalue weighted by atomic mass is 9.82. The zero-order valence-electron chi connectivity index (χ0n) is 17.4. The van der Waals surface area contributed by atoms with Crippen LogP contribution in [0.15, 0.2) is 42.5 Å². The molecular weight excluding hydrogens is 428 g/mol. The quantitative estimate of drug-likeness (QED) is 0.660. The molecule has 2 fully saturated rings. The number of nitrogens with zero attached hydrogens (tertiary/aromatic N) is 1. The number of carbonyl (C=O) groups is 1. The topological polar surface area (TPSA) is 48.0 Å². The van der Waals surface area contributed by atoms with Gasteiger partial charge < -0.3 is 19.1 Å². The van der Waals surface area contributed by atoms with Gasteiger partial charge in [-0.3, -0.25) is 4.79 Å². The average Bonchev–Trinajstić information content (AvgIpc) is 3.16. The molecule has 8 heteroatoms. The Morgan fingerprint density at radius 2 is 2.13 bits per heavy atom. The molecule has 0 saturated carbocycles. The number of benzene rings is 2. The van der Waals surface area contributed by atoms with Crippen LogP contribution in [0, 0.1) is 5.82 Å². The van der Waals surface area contributed by atoms with E-state index in [0.29, 0.717) is 36.4 Å². The van der Waals surface area contributed by atoms with Gasteiger partial charge in [-0.25, -0.2) is 8.78 Å². The molecule has 2 heterocycles. The Morgan fingerprint density at radius 3 is 2.84 bits per heavy atom. The lowest BCUT2D eigenvalue weighted by Gasteiger charge is -2.42. The molecule has 166 valence electrons. The van der Waals surface area contributed by atoms with Crippen LogP contribution in [0.4, 0.5) is 8.78 Å². The van der Waals surface area contributed by atoms with Crippen molar-refractivity contribution in [3.8, 4) is 5.75 Å². The molecule has 0 N–H and O–H groups in total. The number of rotatable bonds is 5. The average molecular weight is 452 g/mol. The van der Waals surface area contributed by atoms with E-state index in [1.165, 1.54) is 32.0 Å². The van der Waals surface area contributed by atoms with Gasteiger partial charge in [-0.2, -0.15) is 0 Å². The highest BCUT2D eigenvalue weighted by Crippen LogP contribution is 2.43. The van der Waals surface area contributed by atoms with E-state index < -0.39 is 17.4 Å². The van der Waals surface area contributed by atoms with Crippen molar-refractivity contribution in [2.75, 3.05) is 26.5 Å². The maximum Gasteiger partial charge on any atom is 0.254 e. The Bertz CT molecular complexity index is 980. The first-order valence-corrected chi connectivity index (χ1v) is 10.5. The summed E-state index contributed by atoms with van der Waals surface area (Å²) in [4.78, 5) is 14.7. The second-order valence-electron chi connectivity index (χ2n) is 8.47. The largest absolute Gasteiger partial charge is 0.489 e. The summed E-state index contributed by atoms with van der Waals surface area (Å²) in [6, 6.07) is 11.0. The Hall–Kier alpha value is -2.22. The maximum absolute atomic E-state index is 13.8. The fourth-order valence-electron chi connectivity index (χ4n) is 4.01. The lowest BCUT2D eigenvalue weighted by molar-refractivity contribution is -0.0441. The Kier molecular flexibility index (Phi) is 5.94. The van der Waals surface area contributed by atoms with E-state index in [2.05, 4.69) is 0 Å². The highest BCUT2D eigenvalue weighted by atomic mass is 35.5. The molecule has 0 bridgehead atoms. The second kappa shape index (κ2) is 8.37. The van der Waals surface area contributed by atoms with E-state index in [4.69, 9.17) is 25.8 Å². The molecule has 2 aliphatic rings. The summed E-state index contributed by atoms with van der Waals surface area (Å²) in [5, 5.41) is 0.238. The first-order chi connectivity index (χ1) is 14.7. The number of piperidine rings is 1. The van der Waals surface area contributed by atoms with Gasteiger partial charge in [0.25, 0.3) is 5.91 Å². The molecule has 5 nitrogen and oxygen atoms in total. The van der Waals surface area contributed by atoms with Crippen LogP contribution in [-0.2, 0) is 15.1 Å². The van der Waals surface area contributed by atoms with Crippen molar-refractivity contribution in [1.82, 2.24) is 4.90 Å². The zero-order valence-corrected chi connectivity index (χ0v) is 18.1. The minimum absolute atomic E-state index is 0.0893. The highest BCUT2D eigenvalue weighted by molar-refractivity contribution is 6.32. The van der Waals surface area contributed by atoms with Crippen LogP contribution in [0.2, 0.25) is 5.02 Å². The van der Waals surface area contributed by atoms with Crippen molar-refractivity contribution in [2.24, 2.45) is 0 Å². The third-order valence-electron chi connectivity index (χ3n) is 5.60. The zero-order chi connectivity index (χ0) is 22.2. The molecule has 1 amide bonds. The fourth-order valence-corrected chi connectivity index (χ4v) is 4.24. The number of hydrogen-bond donors (Lipinski definition) is 0. The van der Waals surface area contributed by atoms with Crippen LogP contribution >= 0.6 is 11.6 Å². The van der Waals surface area contributed by atoms with Crippen molar-refractivity contribution in [2.45, 2.75) is 37.6 Å². The molecule has 2 saturated heterocycles. The number of hydrogen-bond acceptors (Lipinski definition) is 4. The lowest BCUT2D eigenvalue weighted by Crippen LogP contribution is -2.53. The number of halogens is 3. The van der Waals surface area contributed by atoms with Crippen LogP contribution in [0.25, 0.3) is 0 Å². The number of ether oxygens (including phenoxy) is 3. The standard InChI is InChI=1S/C23H24ClF2NO4/c1-22(2,26)13-29-19-7-6-15(10-18(19)24)21(28)27-9-8-23(20(12-27)30-14-31-23)16-4-3-5-17(25)11-16/h3-7,10-11,20H,8-9,12-14H2,1-2H3. The molecule has 2 unspecified atom stereocenters. The summed E-state index contributed by atoms with van der Waals surface area (Å²) < 4.78 is 44.5. The first kappa shape index (κ1) is 22.0. The minimum atomic E-state index is -1.50. The SMILES string of the molecule is CC(C)(F)COc1ccc(C(=O)N2CCC3(c4cccc(F)c4)OCOC3C2)cc1Cl. The first-order valence-electron chi connectivity index (χ1n) is 10.1. The van der Waals surface area contributed by atoms with E-state index >= 15 is 0 Å². The van der Waals surface area contributed by atoms with Gasteiger partial charge in [0.1, 0.15) is 42.3 Å². The molecule has 2 aromatic rings. The summed E-state index contributed by atoms with van der Waals surface area (Å²) in [5.41, 5.74) is -1.16. The van der Waals surface area contributed by atoms with Crippen molar-refractivity contribution in [3.63, 3.8) is 0 Å². The molecule has 2 aromatic carbocycles. The van der Waals surface area contributed by atoms with Gasteiger partial charge in [-0.05, 0) is 49.7 Å². The molecule has 31 heavy (non-hydrogen) atoms. The van der Waals surface area contributed by atoms with Crippen LogP contribution < -0.4 is 4.74 Å². The maximum atomic E-state index is 13.8. The molecule has 2 atom stereocenters. The van der Waals surface area contributed by atoms with Crippen molar-refractivity contribution in [3.05, 3.63) is 64.4 Å². The van der Waals surface area contributed by atoms with Crippen LogP contribution in [0.5, 0.6) is 5.75 Å². The van der Waals surface area contributed by atoms with Crippen molar-refractivity contribution in [1.29, 1.82) is 0 Å². The van der Waals surface area contributed by atoms with Crippen molar-refractivity contribution < 1.29 is 27.8 Å². The van der Waals surface area contributed by atoms with Gasteiger partial charge >= 0.3 is 0 Å². The molecule has 4 rings (SSSR count). The Morgan fingerprint density at radius 1 is 1.32 bits per heavy atom. The molecule has 0 radical (unpaired) electrons. The van der Waals surface area contributed by atoms with E-state index in [1.54, 1.807) is 23.1 Å². The molecular formula is C23H24ClF2NO4. The van der Waals surface area contributed by atoms with Gasteiger partial charge in [0.15, 0.2) is 0 Å². The third-order valence-corrected chi connectivity index (χ3v) is 5.89. The van der Waals surface area contributed by atoms with Crippen LogP contribution in [0.3, 0.4) is 0 Å². The van der Waals surface area contributed by atoms with Crippen LogP contribution in [-0.4, -0.2) is 49.1 Å². The Labute approximate surface area is 184 Å². The number of fused-ring (bicyclic) bond motifs is 1. The van der Waals surface area contributed by atoms with E-state index in [9.17, 15) is 13.6 Å². The molecule has 0 aromatic heterocycles. The summed E-state index contributed by atoms with van der Waals surface area (Å²) in [6.07, 6.45) is 0.0739. The second-order valence-corrected chi connectivity index (χ2v) is 8.88. The van der Waals surface area contributed by atoms with E-state index in [0.717, 1.165) is 0 Å². The van der Waals surface area contributed by atoms with Gasteiger partial charge in [-0.1, -0.05) is 23.7 Å². The van der Waals surface area contributed by atoms with Crippen LogP contribution in [0.1, 0.15) is 36.2 Å². The minimum Gasteiger partial charge on any atom is -0.489 e. The van der Waals surface area contributed by atoms with Gasteiger partial charge in [0, 0.05) is 18.5 Å². The monoisotopic (exact) mass is 451 g/mol. The Balaban J connectivity index is 1.48. The number of amides is 1. The van der Waals surface area contributed by atoms with Gasteiger partial charge in [-0.15, -0.1) is 0 Å². The van der Waals surface area contributed by atoms with E-state index in [1.807, 2.05) is 6.07 Å². The molecule has 0 spiro atoms. The van der Waals surface area contributed by atoms with Gasteiger partial charge in [0.05, 0.1) is 11.6 Å². The van der Waals surface area contributed by atoms with Crippen molar-refractivity contribution >= 4 is 17.5 Å². The predicted molar refractivity (Wildman–Crippen MR) is 112 cm³/mol. The highest BCUT2D eigenvalue weighted by Gasteiger charge is 2.51. The third kappa shape index (κ3) is 4.54. The number of alkyl halides is 1. The summed E-state index contributed by atoms with van der Waals surface area (Å²) in [6.45, 7) is 3.49. The van der Waals surface area contributed by atoms with Gasteiger partial charge in [0.2, 0.25) is 0 Å². The summed E-state index contributed by atoms with van der Waals surface area (Å²) in [7, 11) is 0. The molecule has 2 aliphatic heterocycles. The number of carbonyl (C=O) groups excluding carboxylic acids is 1. The fraction of sp³-hybridized carbons (Fsp3) is 0.435. The summed E-state index contributed by atoms with van der Waals surface area (Å²) in [5.74, 6) is -0.226.